The van der Waals surface area contributed by atoms with Crippen LogP contribution in [-0.2, 0) is 0 Å². The largest absolute Gasteiger partial charge is 0.370 e. The minimum Gasteiger partial charge on any atom is -0.370 e. The smallest absolute Gasteiger partial charge is 0.188 e. The molecule has 1 atom stereocenters. The van der Waals surface area contributed by atoms with Gasteiger partial charge in [0.2, 0.25) is 0 Å². The number of nitrogens with two attached hydrogens (primary N) is 1. The zero-order valence-electron chi connectivity index (χ0n) is 11.3. The summed E-state index contributed by atoms with van der Waals surface area (Å²) in [5.74, 6) is 0.474. The minimum atomic E-state index is 0.273. The van der Waals surface area contributed by atoms with Crippen molar-refractivity contribution in [2.24, 2.45) is 10.7 Å². The van der Waals surface area contributed by atoms with Gasteiger partial charge in [0.1, 0.15) is 0 Å². The van der Waals surface area contributed by atoms with Gasteiger partial charge in [-0.1, -0.05) is 18.2 Å². The third-order valence-corrected chi connectivity index (χ3v) is 3.47. The highest BCUT2D eigenvalue weighted by atomic mass is 32.1. The molecule has 18 heavy (non-hydrogen) atoms. The van der Waals surface area contributed by atoms with E-state index in [-0.39, 0.29) is 6.04 Å². The van der Waals surface area contributed by atoms with E-state index in [1.54, 1.807) is 11.3 Å². The van der Waals surface area contributed by atoms with Gasteiger partial charge in [-0.25, -0.2) is 0 Å². The van der Waals surface area contributed by atoms with E-state index >= 15 is 0 Å². The average Bonchev–Trinajstić information content (AvgIpc) is 2.79. The third-order valence-electron chi connectivity index (χ3n) is 2.50. The van der Waals surface area contributed by atoms with Crippen LogP contribution in [0.1, 0.15) is 17.8 Å². The highest BCUT2D eigenvalue weighted by Gasteiger charge is 2.14. The zero-order valence-corrected chi connectivity index (χ0v) is 12.1. The predicted octanol–water partition coefficient (Wildman–Crippen LogP) is 1.83. The molecule has 0 saturated heterocycles. The Morgan fingerprint density at radius 1 is 1.61 bits per heavy atom. The number of thiophene rings is 1. The molecule has 1 unspecified atom stereocenters. The van der Waals surface area contributed by atoms with Crippen molar-refractivity contribution in [2.45, 2.75) is 13.0 Å². The monoisotopic (exact) mass is 266 g/mol. The van der Waals surface area contributed by atoms with Gasteiger partial charge in [-0.2, -0.15) is 0 Å². The van der Waals surface area contributed by atoms with Gasteiger partial charge in [-0.3, -0.25) is 4.99 Å². The third kappa shape index (κ3) is 4.89. The second-order valence-corrected chi connectivity index (χ2v) is 5.51. The van der Waals surface area contributed by atoms with Crippen LogP contribution >= 0.6 is 11.3 Å². The number of hydrogen-bond donors (Lipinski definition) is 2. The topological polar surface area (TPSA) is 53.6 Å². The molecule has 3 N–H and O–H groups in total. The number of likely N-dealkylation sites (N-methyl/N-ethyl adjacent to an activating group) is 1. The van der Waals surface area contributed by atoms with Crippen molar-refractivity contribution in [3.05, 3.63) is 34.5 Å². The lowest BCUT2D eigenvalue weighted by Gasteiger charge is -2.21. The molecule has 0 aliphatic carbocycles. The van der Waals surface area contributed by atoms with E-state index in [4.69, 9.17) is 5.73 Å². The molecule has 100 valence electrons. The molecule has 0 fully saturated rings. The fourth-order valence-electron chi connectivity index (χ4n) is 1.47. The summed E-state index contributed by atoms with van der Waals surface area (Å²) >= 11 is 1.74. The van der Waals surface area contributed by atoms with E-state index in [1.807, 2.05) is 6.92 Å². The summed E-state index contributed by atoms with van der Waals surface area (Å²) < 4.78 is 0. The molecule has 0 aliphatic heterocycles. The van der Waals surface area contributed by atoms with Crippen molar-refractivity contribution < 1.29 is 0 Å². The van der Waals surface area contributed by atoms with E-state index in [9.17, 15) is 0 Å². The molecule has 0 amide bonds. The molecule has 1 aromatic rings. The number of hydrogen-bond acceptors (Lipinski definition) is 3. The van der Waals surface area contributed by atoms with Crippen LogP contribution in [0.5, 0.6) is 0 Å². The Kier molecular flexibility index (Phi) is 5.88. The van der Waals surface area contributed by atoms with Crippen molar-refractivity contribution in [3.63, 3.8) is 0 Å². The Hall–Kier alpha value is -1.33. The second kappa shape index (κ2) is 7.18. The first-order valence-electron chi connectivity index (χ1n) is 5.88. The number of nitrogens with one attached hydrogen (secondary N) is 1. The van der Waals surface area contributed by atoms with Crippen LogP contribution in [-0.4, -0.2) is 38.0 Å². The second-order valence-electron chi connectivity index (χ2n) is 4.53. The van der Waals surface area contributed by atoms with Crippen molar-refractivity contribution >= 4 is 17.3 Å². The van der Waals surface area contributed by atoms with Gasteiger partial charge in [0.15, 0.2) is 5.96 Å². The van der Waals surface area contributed by atoms with E-state index in [2.05, 4.69) is 53.4 Å². The summed E-state index contributed by atoms with van der Waals surface area (Å²) in [4.78, 5) is 7.84. The number of nitrogens with zero attached hydrogens (tertiary/aromatic N) is 2. The van der Waals surface area contributed by atoms with Gasteiger partial charge in [-0.15, -0.1) is 11.3 Å². The summed E-state index contributed by atoms with van der Waals surface area (Å²) in [6.45, 7) is 7.09. The quantitative estimate of drug-likeness (QED) is 0.469. The van der Waals surface area contributed by atoms with Crippen molar-refractivity contribution in [2.75, 3.05) is 27.2 Å². The van der Waals surface area contributed by atoms with Crippen LogP contribution in [0.25, 0.3) is 0 Å². The molecule has 1 aromatic heterocycles. The maximum Gasteiger partial charge on any atom is 0.188 e. The Balaban J connectivity index is 2.57. The molecule has 0 aromatic carbocycles. The molecule has 4 nitrogen and oxygen atoms in total. The van der Waals surface area contributed by atoms with Crippen LogP contribution in [0, 0.1) is 0 Å². The average molecular weight is 266 g/mol. The van der Waals surface area contributed by atoms with Gasteiger partial charge in [-0.05, 0) is 32.5 Å². The fourth-order valence-corrected chi connectivity index (χ4v) is 2.38. The van der Waals surface area contributed by atoms with Gasteiger partial charge in [0.05, 0.1) is 12.6 Å². The molecule has 0 bridgehead atoms. The lowest BCUT2D eigenvalue weighted by molar-refractivity contribution is 0.310. The van der Waals surface area contributed by atoms with Crippen molar-refractivity contribution in [1.82, 2.24) is 10.2 Å². The number of rotatable bonds is 6. The van der Waals surface area contributed by atoms with E-state index in [0.29, 0.717) is 19.0 Å². The van der Waals surface area contributed by atoms with Crippen LogP contribution < -0.4 is 11.1 Å². The molecule has 0 radical (unpaired) electrons. The van der Waals surface area contributed by atoms with Crippen molar-refractivity contribution in [1.29, 1.82) is 0 Å². The van der Waals surface area contributed by atoms with Gasteiger partial charge in [0, 0.05) is 11.4 Å². The lowest BCUT2D eigenvalue weighted by Crippen LogP contribution is -2.34. The first-order chi connectivity index (χ1) is 8.50. The molecule has 5 heteroatoms. The Morgan fingerprint density at radius 3 is 2.83 bits per heavy atom. The van der Waals surface area contributed by atoms with E-state index in [1.165, 1.54) is 4.88 Å². The molecular weight excluding hydrogens is 244 g/mol. The molecule has 0 saturated carbocycles. The van der Waals surface area contributed by atoms with Gasteiger partial charge in [0.25, 0.3) is 0 Å². The van der Waals surface area contributed by atoms with Crippen LogP contribution in [0.4, 0.5) is 0 Å². The summed E-state index contributed by atoms with van der Waals surface area (Å²) in [5.41, 5.74) is 6.84. The first kappa shape index (κ1) is 14.7. The summed E-state index contributed by atoms with van der Waals surface area (Å²) in [6.07, 6.45) is 0. The van der Waals surface area contributed by atoms with Crippen molar-refractivity contribution in [3.8, 4) is 0 Å². The molecular formula is C13H22N4S. The molecule has 0 aliphatic rings. The SMILES string of the molecule is C=C(C)CNC(N)=NCC(c1cccs1)N(C)C. The predicted molar refractivity (Wildman–Crippen MR) is 80.1 cm³/mol. The highest BCUT2D eigenvalue weighted by Crippen LogP contribution is 2.23. The summed E-state index contributed by atoms with van der Waals surface area (Å²) in [6, 6.07) is 4.46. The standard InChI is InChI=1S/C13H22N4S/c1-10(2)8-15-13(14)16-9-11(17(3)4)12-6-5-7-18-12/h5-7,11H,1,8-9H2,2-4H3,(H3,14,15,16). The van der Waals surface area contributed by atoms with Crippen LogP contribution in [0.2, 0.25) is 0 Å². The van der Waals surface area contributed by atoms with Crippen LogP contribution in [0.3, 0.4) is 0 Å². The van der Waals surface area contributed by atoms with Gasteiger partial charge < -0.3 is 16.0 Å². The van der Waals surface area contributed by atoms with E-state index in [0.717, 1.165) is 5.57 Å². The Bertz CT molecular complexity index is 395. The van der Waals surface area contributed by atoms with Gasteiger partial charge >= 0.3 is 0 Å². The van der Waals surface area contributed by atoms with E-state index < -0.39 is 0 Å². The number of aliphatic imine (C=N–C) groups is 1. The lowest BCUT2D eigenvalue weighted by atomic mass is 10.2. The molecule has 0 spiro atoms. The van der Waals surface area contributed by atoms with Crippen LogP contribution in [0.15, 0.2) is 34.7 Å². The number of guanidine groups is 1. The summed E-state index contributed by atoms with van der Waals surface area (Å²) in [5, 5.41) is 5.12. The Labute approximate surface area is 113 Å². The maximum atomic E-state index is 5.81. The molecule has 1 rings (SSSR count). The molecule has 1 heterocycles. The Morgan fingerprint density at radius 2 is 2.33 bits per heavy atom. The normalized spacial score (nSPS) is 13.7. The first-order valence-corrected chi connectivity index (χ1v) is 6.76. The summed E-state index contributed by atoms with van der Waals surface area (Å²) in [7, 11) is 4.11. The highest BCUT2D eigenvalue weighted by molar-refractivity contribution is 7.10. The fraction of sp³-hybridized carbons (Fsp3) is 0.462. The zero-order chi connectivity index (χ0) is 13.5. The minimum absolute atomic E-state index is 0.273. The maximum absolute atomic E-state index is 5.81.